The molecule has 1 aliphatic rings. The lowest BCUT2D eigenvalue weighted by atomic mass is 9.88. The third-order valence-corrected chi connectivity index (χ3v) is 6.16. The lowest BCUT2D eigenvalue weighted by Gasteiger charge is -2.16. The number of halogens is 1. The average Bonchev–Trinajstić information content (AvgIpc) is 3.34. The highest BCUT2D eigenvalue weighted by molar-refractivity contribution is 6.30. The van der Waals surface area contributed by atoms with Crippen molar-refractivity contribution >= 4 is 40.8 Å². The number of ketones is 1. The molecule has 0 radical (unpaired) electrons. The number of carbonyl (C=O) groups is 3. The molecule has 2 amide bonds. The number of carbonyl (C=O) groups excluding carboxylic acids is 3. The Bertz CT molecular complexity index is 1200. The normalized spacial score (nSPS) is 17.1. The molecule has 3 aromatic rings. The van der Waals surface area contributed by atoms with Gasteiger partial charge >= 0.3 is 12.0 Å². The molecule has 2 N–H and O–H groups in total. The van der Waals surface area contributed by atoms with E-state index in [1.54, 1.807) is 54.7 Å². The average molecular weight is 478 g/mol. The first-order chi connectivity index (χ1) is 16.4. The third-order valence-electron chi connectivity index (χ3n) is 5.93. The van der Waals surface area contributed by atoms with Gasteiger partial charge in [0.05, 0.1) is 30.6 Å². The molecule has 1 aliphatic carbocycles. The molecular weight excluding hydrogens is 454 g/mol. The van der Waals surface area contributed by atoms with Crippen LogP contribution < -0.4 is 10.6 Å². The monoisotopic (exact) mass is 477 g/mol. The molecular formula is C26H24ClN3O4. The standard InChI is InChI=1S/C26H24ClN3O4/c1-34-25(32)22-7-3-6-21(22)24(31)17-10-8-16(9-11-17)23-13-12-20(15-28-23)30-26(33)29-19-5-2-4-18(27)14-19/h2,4-5,8-15,21-22H,3,6-7H2,1H3,(H2,29,30,33)/t21-,22-/m1/s1. The second-order valence-electron chi connectivity index (χ2n) is 8.13. The SMILES string of the molecule is COC(=O)[C@@H]1CCC[C@H]1C(=O)c1ccc(-c2ccc(NC(=O)Nc3cccc(Cl)c3)cn2)cc1. The lowest BCUT2D eigenvalue weighted by molar-refractivity contribution is -0.146. The third kappa shape index (κ3) is 5.43. The number of anilines is 2. The smallest absolute Gasteiger partial charge is 0.323 e. The zero-order valence-electron chi connectivity index (χ0n) is 18.6. The number of pyridine rings is 1. The van der Waals surface area contributed by atoms with Gasteiger partial charge in [0, 0.05) is 27.8 Å². The zero-order valence-corrected chi connectivity index (χ0v) is 19.3. The molecule has 1 fully saturated rings. The van der Waals surface area contributed by atoms with Crippen LogP contribution in [0.4, 0.5) is 16.2 Å². The molecule has 7 nitrogen and oxygen atoms in total. The number of nitrogens with zero attached hydrogens (tertiary/aromatic N) is 1. The Morgan fingerprint density at radius 1 is 0.941 bits per heavy atom. The Labute approximate surface area is 202 Å². The first-order valence-corrected chi connectivity index (χ1v) is 11.3. The van der Waals surface area contributed by atoms with E-state index >= 15 is 0 Å². The largest absolute Gasteiger partial charge is 0.469 e. The maximum absolute atomic E-state index is 12.9. The molecule has 0 spiro atoms. The van der Waals surface area contributed by atoms with Gasteiger partial charge in [-0.2, -0.15) is 0 Å². The predicted octanol–water partition coefficient (Wildman–Crippen LogP) is 5.82. The van der Waals surface area contributed by atoms with E-state index < -0.39 is 6.03 Å². The number of esters is 1. The second kappa shape index (κ2) is 10.5. The highest BCUT2D eigenvalue weighted by atomic mass is 35.5. The van der Waals surface area contributed by atoms with E-state index in [1.165, 1.54) is 7.11 Å². The highest BCUT2D eigenvalue weighted by Gasteiger charge is 2.38. The van der Waals surface area contributed by atoms with Crippen LogP contribution >= 0.6 is 11.6 Å². The molecule has 2 atom stereocenters. The van der Waals surface area contributed by atoms with E-state index in [0.29, 0.717) is 40.5 Å². The van der Waals surface area contributed by atoms with Gasteiger partial charge in [0.25, 0.3) is 0 Å². The summed E-state index contributed by atoms with van der Waals surface area (Å²) in [4.78, 5) is 41.5. The van der Waals surface area contributed by atoms with Crippen molar-refractivity contribution in [3.63, 3.8) is 0 Å². The Morgan fingerprint density at radius 2 is 1.68 bits per heavy atom. The summed E-state index contributed by atoms with van der Waals surface area (Å²) in [6, 6.07) is 17.2. The van der Waals surface area contributed by atoms with E-state index in [-0.39, 0.29) is 23.6 Å². The number of rotatable bonds is 6. The molecule has 34 heavy (non-hydrogen) atoms. The van der Waals surface area contributed by atoms with Crippen LogP contribution in [0.1, 0.15) is 29.6 Å². The van der Waals surface area contributed by atoms with E-state index in [9.17, 15) is 14.4 Å². The van der Waals surface area contributed by atoms with Gasteiger partial charge < -0.3 is 15.4 Å². The Kier molecular flexibility index (Phi) is 7.23. The summed E-state index contributed by atoms with van der Waals surface area (Å²) in [6.07, 6.45) is 3.78. The van der Waals surface area contributed by atoms with Crippen molar-refractivity contribution < 1.29 is 19.1 Å². The van der Waals surface area contributed by atoms with Gasteiger partial charge in [-0.1, -0.05) is 48.4 Å². The molecule has 0 saturated heterocycles. The Balaban J connectivity index is 1.39. The van der Waals surface area contributed by atoms with Gasteiger partial charge in [-0.25, -0.2) is 4.79 Å². The van der Waals surface area contributed by atoms with Crippen LogP contribution in [-0.4, -0.2) is 29.9 Å². The van der Waals surface area contributed by atoms with E-state index in [2.05, 4.69) is 15.6 Å². The summed E-state index contributed by atoms with van der Waals surface area (Å²) in [7, 11) is 1.36. The molecule has 0 bridgehead atoms. The number of amides is 2. The van der Waals surface area contributed by atoms with Gasteiger partial charge in [-0.05, 0) is 43.2 Å². The van der Waals surface area contributed by atoms with Crippen molar-refractivity contribution in [2.75, 3.05) is 17.7 Å². The summed E-state index contributed by atoms with van der Waals surface area (Å²) in [5.41, 5.74) is 3.22. The van der Waals surface area contributed by atoms with Crippen LogP contribution in [-0.2, 0) is 9.53 Å². The van der Waals surface area contributed by atoms with E-state index in [1.807, 2.05) is 12.1 Å². The minimum atomic E-state index is -0.406. The van der Waals surface area contributed by atoms with E-state index in [4.69, 9.17) is 16.3 Å². The van der Waals surface area contributed by atoms with Crippen molar-refractivity contribution in [3.05, 3.63) is 77.4 Å². The summed E-state index contributed by atoms with van der Waals surface area (Å²) >= 11 is 5.93. The van der Waals surface area contributed by atoms with Crippen LogP contribution in [0, 0.1) is 11.8 Å². The number of nitrogens with one attached hydrogen (secondary N) is 2. The number of urea groups is 1. The molecule has 1 saturated carbocycles. The van der Waals surface area contributed by atoms with Gasteiger partial charge in [-0.15, -0.1) is 0 Å². The van der Waals surface area contributed by atoms with Crippen molar-refractivity contribution in [2.24, 2.45) is 11.8 Å². The first kappa shape index (κ1) is 23.4. The van der Waals surface area contributed by atoms with Gasteiger partial charge in [-0.3, -0.25) is 14.6 Å². The minimum absolute atomic E-state index is 0.0299. The first-order valence-electron chi connectivity index (χ1n) is 11.0. The Hall–Kier alpha value is -3.71. The summed E-state index contributed by atoms with van der Waals surface area (Å²) in [5, 5.41) is 5.96. The minimum Gasteiger partial charge on any atom is -0.469 e. The number of Topliss-reactive ketones (excluding diaryl/α,β-unsaturated/α-hetero) is 1. The summed E-state index contributed by atoms with van der Waals surface area (Å²) in [6.45, 7) is 0. The number of hydrogen-bond donors (Lipinski definition) is 2. The number of hydrogen-bond acceptors (Lipinski definition) is 5. The molecule has 0 unspecified atom stereocenters. The molecule has 0 aliphatic heterocycles. The highest BCUT2D eigenvalue weighted by Crippen LogP contribution is 2.35. The van der Waals surface area contributed by atoms with Crippen LogP contribution in [0.2, 0.25) is 5.02 Å². The lowest BCUT2D eigenvalue weighted by Crippen LogP contribution is -2.26. The molecule has 1 heterocycles. The number of benzene rings is 2. The summed E-state index contributed by atoms with van der Waals surface area (Å²) in [5.74, 6) is -1.04. The topological polar surface area (TPSA) is 97.4 Å². The van der Waals surface area contributed by atoms with Crippen molar-refractivity contribution in [3.8, 4) is 11.3 Å². The Morgan fingerprint density at radius 3 is 2.35 bits per heavy atom. The van der Waals surface area contributed by atoms with Crippen molar-refractivity contribution in [1.82, 2.24) is 4.98 Å². The molecule has 4 rings (SSSR count). The fourth-order valence-electron chi connectivity index (χ4n) is 4.22. The fourth-order valence-corrected chi connectivity index (χ4v) is 4.42. The quantitative estimate of drug-likeness (QED) is 0.344. The predicted molar refractivity (Wildman–Crippen MR) is 131 cm³/mol. The second-order valence-corrected chi connectivity index (χ2v) is 8.57. The van der Waals surface area contributed by atoms with Crippen molar-refractivity contribution in [1.29, 1.82) is 0 Å². The fraction of sp³-hybridized carbons (Fsp3) is 0.231. The van der Waals surface area contributed by atoms with Crippen LogP contribution in [0.25, 0.3) is 11.3 Å². The maximum Gasteiger partial charge on any atom is 0.323 e. The molecule has 174 valence electrons. The van der Waals surface area contributed by atoms with Crippen molar-refractivity contribution in [2.45, 2.75) is 19.3 Å². The van der Waals surface area contributed by atoms with Crippen LogP contribution in [0.3, 0.4) is 0 Å². The van der Waals surface area contributed by atoms with Gasteiger partial charge in [0.2, 0.25) is 0 Å². The summed E-state index contributed by atoms with van der Waals surface area (Å²) < 4.78 is 4.86. The van der Waals surface area contributed by atoms with Gasteiger partial charge in [0.15, 0.2) is 5.78 Å². The van der Waals surface area contributed by atoms with Gasteiger partial charge in [0.1, 0.15) is 0 Å². The van der Waals surface area contributed by atoms with E-state index in [0.717, 1.165) is 12.0 Å². The molecule has 1 aromatic heterocycles. The molecule has 8 heteroatoms. The maximum atomic E-state index is 12.9. The van der Waals surface area contributed by atoms with Crippen LogP contribution in [0.5, 0.6) is 0 Å². The number of aromatic nitrogens is 1. The molecule has 2 aromatic carbocycles. The van der Waals surface area contributed by atoms with Crippen LogP contribution in [0.15, 0.2) is 66.9 Å². The number of ether oxygens (including phenoxy) is 1. The number of methoxy groups -OCH3 is 1. The zero-order chi connectivity index (χ0) is 24.1.